The van der Waals surface area contributed by atoms with Crippen LogP contribution in [0.5, 0.6) is 0 Å². The number of hydrogen-bond donors (Lipinski definition) is 1. The summed E-state index contributed by atoms with van der Waals surface area (Å²) in [5.41, 5.74) is 3.87. The molecule has 0 saturated carbocycles. The molecule has 1 aromatic carbocycles. The molecule has 27 heavy (non-hydrogen) atoms. The summed E-state index contributed by atoms with van der Waals surface area (Å²) in [4.78, 5) is 23.8. The number of nitrogens with one attached hydrogen (secondary N) is 1. The maximum Gasteiger partial charge on any atom is 0.306 e. The van der Waals surface area contributed by atoms with Gasteiger partial charge < -0.3 is 10.1 Å². The lowest BCUT2D eigenvalue weighted by Crippen LogP contribution is -2.17. The molecule has 0 aliphatic carbocycles. The molecular formula is C21H29N3O3. The smallest absolute Gasteiger partial charge is 0.306 e. The van der Waals surface area contributed by atoms with Gasteiger partial charge >= 0.3 is 5.97 Å². The van der Waals surface area contributed by atoms with Crippen LogP contribution in [0.2, 0.25) is 0 Å². The molecule has 1 aromatic heterocycles. The number of anilines is 1. The zero-order valence-corrected chi connectivity index (χ0v) is 17.0. The summed E-state index contributed by atoms with van der Waals surface area (Å²) in [5.74, 6) is -0.0129. The van der Waals surface area contributed by atoms with E-state index in [0.717, 1.165) is 16.9 Å². The molecule has 0 bridgehead atoms. The van der Waals surface area contributed by atoms with Gasteiger partial charge in [-0.15, -0.1) is 0 Å². The molecule has 1 N–H and O–H groups in total. The van der Waals surface area contributed by atoms with Gasteiger partial charge in [-0.3, -0.25) is 9.59 Å². The highest BCUT2D eigenvalue weighted by Crippen LogP contribution is 2.27. The van der Waals surface area contributed by atoms with Crippen molar-refractivity contribution in [3.8, 4) is 5.69 Å². The van der Waals surface area contributed by atoms with Crippen LogP contribution in [0, 0.1) is 13.8 Å². The summed E-state index contributed by atoms with van der Waals surface area (Å²) >= 11 is 0. The number of amides is 1. The Morgan fingerprint density at radius 1 is 1.15 bits per heavy atom. The monoisotopic (exact) mass is 371 g/mol. The van der Waals surface area contributed by atoms with Crippen LogP contribution in [-0.4, -0.2) is 28.3 Å². The lowest BCUT2D eigenvalue weighted by Gasteiger charge is -2.14. The molecule has 0 unspecified atom stereocenters. The minimum absolute atomic E-state index is 0.0590. The highest BCUT2D eigenvalue weighted by atomic mass is 16.5. The van der Waals surface area contributed by atoms with Gasteiger partial charge in [0, 0.05) is 17.9 Å². The van der Waals surface area contributed by atoms with Crippen LogP contribution in [0.1, 0.15) is 57.4 Å². The highest BCUT2D eigenvalue weighted by Gasteiger charge is 2.22. The van der Waals surface area contributed by atoms with Crippen molar-refractivity contribution in [2.24, 2.45) is 0 Å². The quantitative estimate of drug-likeness (QED) is 0.777. The summed E-state index contributed by atoms with van der Waals surface area (Å²) < 4.78 is 6.64. The topological polar surface area (TPSA) is 73.2 Å². The van der Waals surface area contributed by atoms with E-state index < -0.39 is 0 Å². The molecule has 146 valence electrons. The molecule has 0 atom stereocenters. The average Bonchev–Trinajstić information content (AvgIpc) is 2.97. The molecule has 0 radical (unpaired) electrons. The third-order valence-corrected chi connectivity index (χ3v) is 4.19. The van der Waals surface area contributed by atoms with Crippen LogP contribution in [0.3, 0.4) is 0 Å². The van der Waals surface area contributed by atoms with Crippen LogP contribution in [-0.2, 0) is 19.7 Å². The number of aromatic nitrogens is 2. The normalized spacial score (nSPS) is 11.3. The van der Waals surface area contributed by atoms with Crippen LogP contribution >= 0.6 is 0 Å². The van der Waals surface area contributed by atoms with E-state index in [1.54, 1.807) is 11.6 Å². The van der Waals surface area contributed by atoms with Crippen LogP contribution in [0.15, 0.2) is 24.3 Å². The molecule has 6 nitrogen and oxygen atoms in total. The van der Waals surface area contributed by atoms with E-state index in [0.29, 0.717) is 12.4 Å². The SMILES string of the molecule is CCOC(=O)CCC(=O)Nc1cc(C(C)(C)C)nn1-c1ccc(C)cc1C. The zero-order chi connectivity index (χ0) is 20.2. The standard InChI is InChI=1S/C21H29N3O3/c1-7-27-20(26)11-10-19(25)22-18-13-17(21(4,5)6)23-24(18)16-9-8-14(2)12-15(16)3/h8-9,12-13H,7,10-11H2,1-6H3,(H,22,25). The van der Waals surface area contributed by atoms with E-state index in [4.69, 9.17) is 9.84 Å². The van der Waals surface area contributed by atoms with E-state index >= 15 is 0 Å². The molecule has 0 fully saturated rings. The molecule has 6 heteroatoms. The summed E-state index contributed by atoms with van der Waals surface area (Å²) in [6, 6.07) is 7.99. The fraction of sp³-hybridized carbons (Fsp3) is 0.476. The molecule has 1 heterocycles. The number of esters is 1. The second-order valence-electron chi connectivity index (χ2n) is 7.72. The van der Waals surface area contributed by atoms with Gasteiger partial charge in [-0.05, 0) is 32.4 Å². The number of nitrogens with zero attached hydrogens (tertiary/aromatic N) is 2. The van der Waals surface area contributed by atoms with E-state index in [1.165, 1.54) is 5.56 Å². The van der Waals surface area contributed by atoms with Gasteiger partial charge in [0.1, 0.15) is 5.82 Å². The van der Waals surface area contributed by atoms with Gasteiger partial charge in [0.2, 0.25) is 5.91 Å². The van der Waals surface area contributed by atoms with Crippen molar-refractivity contribution in [3.63, 3.8) is 0 Å². The Morgan fingerprint density at radius 2 is 1.85 bits per heavy atom. The molecule has 2 aromatic rings. The number of rotatable bonds is 6. The number of aryl methyl sites for hydroxylation is 2. The van der Waals surface area contributed by atoms with Crippen molar-refractivity contribution in [1.29, 1.82) is 0 Å². The number of benzene rings is 1. The summed E-state index contributed by atoms with van der Waals surface area (Å²) in [7, 11) is 0. The van der Waals surface area contributed by atoms with E-state index in [-0.39, 0.29) is 30.1 Å². The fourth-order valence-corrected chi connectivity index (χ4v) is 2.72. The summed E-state index contributed by atoms with van der Waals surface area (Å²) in [6.45, 7) is 12.4. The molecule has 2 rings (SSSR count). The first kappa shape index (κ1) is 20.7. The molecule has 0 aliphatic heterocycles. The third kappa shape index (κ3) is 5.42. The first-order valence-corrected chi connectivity index (χ1v) is 9.25. The lowest BCUT2D eigenvalue weighted by molar-refractivity contribution is -0.144. The number of carbonyl (C=O) groups is 2. The maximum absolute atomic E-state index is 12.3. The Bertz CT molecular complexity index is 832. The Kier molecular flexibility index (Phi) is 6.41. The largest absolute Gasteiger partial charge is 0.466 e. The van der Waals surface area contributed by atoms with Crippen molar-refractivity contribution in [1.82, 2.24) is 9.78 Å². The Labute approximate surface area is 160 Å². The second kappa shape index (κ2) is 8.37. The molecular weight excluding hydrogens is 342 g/mol. The Balaban J connectivity index is 2.30. The first-order chi connectivity index (χ1) is 12.6. The van der Waals surface area contributed by atoms with E-state index in [9.17, 15) is 9.59 Å². The van der Waals surface area contributed by atoms with Crippen LogP contribution < -0.4 is 5.32 Å². The Morgan fingerprint density at radius 3 is 2.44 bits per heavy atom. The molecule has 0 spiro atoms. The van der Waals surface area contributed by atoms with Crippen LogP contribution in [0.25, 0.3) is 5.69 Å². The molecule has 0 aliphatic rings. The second-order valence-corrected chi connectivity index (χ2v) is 7.72. The van der Waals surface area contributed by atoms with E-state index in [2.05, 4.69) is 32.2 Å². The minimum atomic E-state index is -0.370. The number of ether oxygens (including phenoxy) is 1. The predicted octanol–water partition coefficient (Wildman–Crippen LogP) is 4.07. The van der Waals surface area contributed by atoms with Gasteiger partial charge in [-0.1, -0.05) is 38.5 Å². The summed E-state index contributed by atoms with van der Waals surface area (Å²) in [5, 5.41) is 7.62. The molecule has 0 saturated heterocycles. The van der Waals surface area contributed by atoms with Gasteiger partial charge in [0.25, 0.3) is 0 Å². The number of carbonyl (C=O) groups excluding carboxylic acids is 2. The highest BCUT2D eigenvalue weighted by molar-refractivity contribution is 5.92. The van der Waals surface area contributed by atoms with E-state index in [1.807, 2.05) is 32.0 Å². The predicted molar refractivity (Wildman–Crippen MR) is 106 cm³/mol. The van der Waals surface area contributed by atoms with Crippen LogP contribution in [0.4, 0.5) is 5.82 Å². The average molecular weight is 371 g/mol. The van der Waals surface area contributed by atoms with Crippen molar-refractivity contribution in [2.75, 3.05) is 11.9 Å². The zero-order valence-electron chi connectivity index (χ0n) is 17.0. The van der Waals surface area contributed by atoms with Crippen molar-refractivity contribution in [2.45, 2.75) is 59.8 Å². The number of hydrogen-bond acceptors (Lipinski definition) is 4. The third-order valence-electron chi connectivity index (χ3n) is 4.19. The molecule has 1 amide bonds. The van der Waals surface area contributed by atoms with Crippen molar-refractivity contribution in [3.05, 3.63) is 41.1 Å². The van der Waals surface area contributed by atoms with Crippen molar-refractivity contribution >= 4 is 17.7 Å². The summed E-state index contributed by atoms with van der Waals surface area (Å²) in [6.07, 6.45) is 0.130. The van der Waals surface area contributed by atoms with Gasteiger partial charge in [-0.2, -0.15) is 5.10 Å². The van der Waals surface area contributed by atoms with Gasteiger partial charge in [0.05, 0.1) is 24.4 Å². The first-order valence-electron chi connectivity index (χ1n) is 9.25. The van der Waals surface area contributed by atoms with Gasteiger partial charge in [0.15, 0.2) is 0 Å². The lowest BCUT2D eigenvalue weighted by atomic mass is 9.92. The van der Waals surface area contributed by atoms with Gasteiger partial charge in [-0.25, -0.2) is 4.68 Å². The minimum Gasteiger partial charge on any atom is -0.466 e. The fourth-order valence-electron chi connectivity index (χ4n) is 2.72. The maximum atomic E-state index is 12.3. The van der Waals surface area contributed by atoms with Crippen molar-refractivity contribution < 1.29 is 14.3 Å². The Hall–Kier alpha value is -2.63.